The van der Waals surface area contributed by atoms with Crippen molar-refractivity contribution < 1.29 is 42.1 Å². The average molecular weight is 781 g/mol. The van der Waals surface area contributed by atoms with E-state index in [0.29, 0.717) is 17.4 Å². The molecule has 0 spiro atoms. The summed E-state index contributed by atoms with van der Waals surface area (Å²) >= 11 is 0. The van der Waals surface area contributed by atoms with Crippen LogP contribution >= 0.6 is 7.82 Å². The van der Waals surface area contributed by atoms with Gasteiger partial charge in [-0.2, -0.15) is 0 Å². The van der Waals surface area contributed by atoms with Crippen molar-refractivity contribution in [2.45, 2.75) is 161 Å². The molecule has 312 valence electrons. The molecule has 0 rings (SSSR count). The Labute approximate surface area is 330 Å². The van der Waals surface area contributed by atoms with Crippen molar-refractivity contribution in [3.63, 3.8) is 0 Å². The second-order valence-corrected chi connectivity index (χ2v) is 16.5. The smallest absolute Gasteiger partial charge is 0.462 e. The van der Waals surface area contributed by atoms with Crippen molar-refractivity contribution in [2.75, 3.05) is 47.5 Å². The van der Waals surface area contributed by atoms with Crippen LogP contribution in [0.5, 0.6) is 0 Å². The van der Waals surface area contributed by atoms with Crippen LogP contribution in [0.15, 0.2) is 60.8 Å². The number of carbonyl (C=O) groups is 2. The van der Waals surface area contributed by atoms with Gasteiger partial charge in [-0.1, -0.05) is 145 Å². The van der Waals surface area contributed by atoms with Crippen LogP contribution in [-0.2, 0) is 32.7 Å². The summed E-state index contributed by atoms with van der Waals surface area (Å²) in [7, 11) is 1.44. The SMILES string of the molecule is CC/C=C/C=C/C=C/C=C/CCCCCC(=O)OC(COC(=O)CCCCCCCCC/C=C/CCCCCCCC)COP(=O)(O)OCC[N+](C)(C)C. The van der Waals surface area contributed by atoms with E-state index < -0.39 is 26.5 Å². The predicted molar refractivity (Wildman–Crippen MR) is 224 cm³/mol. The molecule has 0 aliphatic heterocycles. The zero-order chi connectivity index (χ0) is 40.0. The lowest BCUT2D eigenvalue weighted by Gasteiger charge is -2.24. The van der Waals surface area contributed by atoms with Crippen LogP contribution in [0.4, 0.5) is 0 Å². The Hall–Kier alpha value is -2.29. The Balaban J connectivity index is 4.43. The molecule has 2 atom stereocenters. The fraction of sp³-hybridized carbons (Fsp3) is 0.727. The number of rotatable bonds is 37. The van der Waals surface area contributed by atoms with Gasteiger partial charge in [0.05, 0.1) is 27.7 Å². The molecular formula is C44H79NO8P+. The molecule has 2 unspecified atom stereocenters. The molecule has 1 N–H and O–H groups in total. The Morgan fingerprint density at radius 2 is 1.07 bits per heavy atom. The van der Waals surface area contributed by atoms with E-state index in [1.54, 1.807) is 0 Å². The maximum Gasteiger partial charge on any atom is 0.472 e. The number of allylic oxidation sites excluding steroid dienone is 10. The molecule has 0 saturated heterocycles. The lowest BCUT2D eigenvalue weighted by atomic mass is 10.1. The fourth-order valence-electron chi connectivity index (χ4n) is 5.31. The molecule has 0 amide bonds. The number of phosphoric acid groups is 1. The number of phosphoric ester groups is 1. The largest absolute Gasteiger partial charge is 0.472 e. The quantitative estimate of drug-likeness (QED) is 0.0166. The highest BCUT2D eigenvalue weighted by atomic mass is 31.2. The van der Waals surface area contributed by atoms with Gasteiger partial charge >= 0.3 is 19.8 Å². The molecule has 10 heteroatoms. The number of hydrogen-bond donors (Lipinski definition) is 1. The molecule has 0 aromatic rings. The third kappa shape index (κ3) is 39.4. The number of quaternary nitrogens is 1. The van der Waals surface area contributed by atoms with E-state index in [1.165, 1.54) is 64.2 Å². The van der Waals surface area contributed by atoms with Gasteiger partial charge in [-0.3, -0.25) is 18.6 Å². The van der Waals surface area contributed by atoms with E-state index >= 15 is 0 Å². The molecule has 0 aliphatic rings. The number of carbonyl (C=O) groups excluding carboxylic acids is 2. The van der Waals surface area contributed by atoms with Crippen LogP contribution in [0.3, 0.4) is 0 Å². The van der Waals surface area contributed by atoms with Gasteiger partial charge in [0, 0.05) is 12.8 Å². The van der Waals surface area contributed by atoms with Crippen LogP contribution in [0.25, 0.3) is 0 Å². The summed E-state index contributed by atoms with van der Waals surface area (Å²) < 4.78 is 34.2. The lowest BCUT2D eigenvalue weighted by molar-refractivity contribution is -0.870. The first kappa shape index (κ1) is 51.7. The molecule has 0 radical (unpaired) electrons. The molecular weight excluding hydrogens is 701 g/mol. The van der Waals surface area contributed by atoms with Crippen molar-refractivity contribution in [2.24, 2.45) is 0 Å². The van der Waals surface area contributed by atoms with Crippen LogP contribution in [-0.4, -0.2) is 74.9 Å². The summed E-state index contributed by atoms with van der Waals surface area (Å²) in [6, 6.07) is 0. The minimum atomic E-state index is -4.39. The number of nitrogens with zero attached hydrogens (tertiary/aromatic N) is 1. The minimum Gasteiger partial charge on any atom is -0.462 e. The maximum absolute atomic E-state index is 12.6. The van der Waals surface area contributed by atoms with Gasteiger partial charge < -0.3 is 18.9 Å². The number of likely N-dealkylation sites (N-methyl/N-ethyl adjacent to an activating group) is 1. The lowest BCUT2D eigenvalue weighted by Crippen LogP contribution is -2.37. The van der Waals surface area contributed by atoms with Gasteiger partial charge in [0.2, 0.25) is 0 Å². The van der Waals surface area contributed by atoms with E-state index in [-0.39, 0.29) is 32.0 Å². The molecule has 0 fully saturated rings. The van der Waals surface area contributed by atoms with Crippen LogP contribution in [0, 0.1) is 0 Å². The van der Waals surface area contributed by atoms with Crippen molar-refractivity contribution in [1.29, 1.82) is 0 Å². The highest BCUT2D eigenvalue weighted by Gasteiger charge is 2.27. The van der Waals surface area contributed by atoms with Crippen LogP contribution < -0.4 is 0 Å². The first-order valence-electron chi connectivity index (χ1n) is 21.1. The van der Waals surface area contributed by atoms with E-state index in [2.05, 4.69) is 38.2 Å². The third-order valence-corrected chi connectivity index (χ3v) is 9.61. The summed E-state index contributed by atoms with van der Waals surface area (Å²) in [5.74, 6) is -0.854. The Kier molecular flexibility index (Phi) is 34.8. The van der Waals surface area contributed by atoms with Gasteiger partial charge in [0.25, 0.3) is 0 Å². The van der Waals surface area contributed by atoms with Crippen molar-refractivity contribution in [1.82, 2.24) is 0 Å². The number of ether oxygens (including phenoxy) is 2. The fourth-order valence-corrected chi connectivity index (χ4v) is 6.05. The molecule has 0 bridgehead atoms. The summed E-state index contributed by atoms with van der Waals surface area (Å²) in [6.45, 7) is 4.21. The van der Waals surface area contributed by atoms with Crippen LogP contribution in [0.2, 0.25) is 0 Å². The second kappa shape index (κ2) is 36.4. The first-order valence-corrected chi connectivity index (χ1v) is 22.6. The Bertz CT molecular complexity index is 1110. The van der Waals surface area contributed by atoms with Crippen molar-refractivity contribution >= 4 is 19.8 Å². The minimum absolute atomic E-state index is 0.0204. The molecule has 0 heterocycles. The highest BCUT2D eigenvalue weighted by Crippen LogP contribution is 2.43. The van der Waals surface area contributed by atoms with E-state index in [9.17, 15) is 19.0 Å². The topological polar surface area (TPSA) is 108 Å². The van der Waals surface area contributed by atoms with Crippen molar-refractivity contribution in [3.8, 4) is 0 Å². The summed E-state index contributed by atoms with van der Waals surface area (Å²) in [5, 5.41) is 0. The highest BCUT2D eigenvalue weighted by molar-refractivity contribution is 7.47. The Morgan fingerprint density at radius 1 is 0.593 bits per heavy atom. The number of esters is 2. The summed E-state index contributed by atoms with van der Waals surface area (Å²) in [5.41, 5.74) is 0. The monoisotopic (exact) mass is 781 g/mol. The third-order valence-electron chi connectivity index (χ3n) is 8.63. The van der Waals surface area contributed by atoms with E-state index in [4.69, 9.17) is 18.5 Å². The maximum atomic E-state index is 12.6. The molecule has 54 heavy (non-hydrogen) atoms. The molecule has 0 saturated carbocycles. The van der Waals surface area contributed by atoms with Crippen LogP contribution in [0.1, 0.15) is 155 Å². The van der Waals surface area contributed by atoms with Gasteiger partial charge in [0.15, 0.2) is 6.10 Å². The van der Waals surface area contributed by atoms with E-state index in [0.717, 1.165) is 57.8 Å². The molecule has 9 nitrogen and oxygen atoms in total. The van der Waals surface area contributed by atoms with E-state index in [1.807, 2.05) is 57.6 Å². The van der Waals surface area contributed by atoms with Gasteiger partial charge in [-0.05, 0) is 57.8 Å². The van der Waals surface area contributed by atoms with Gasteiger partial charge in [-0.25, -0.2) is 4.57 Å². The van der Waals surface area contributed by atoms with Gasteiger partial charge in [-0.15, -0.1) is 0 Å². The first-order chi connectivity index (χ1) is 26.0. The molecule has 0 aromatic heterocycles. The second-order valence-electron chi connectivity index (χ2n) is 15.1. The summed E-state index contributed by atoms with van der Waals surface area (Å²) in [4.78, 5) is 35.3. The van der Waals surface area contributed by atoms with Crippen molar-refractivity contribution in [3.05, 3.63) is 60.8 Å². The molecule has 0 aliphatic carbocycles. The standard InChI is InChI=1S/C44H78NO8P/c1-6-8-10-12-14-16-18-20-21-22-23-25-26-28-30-32-34-36-43(46)50-40-42(41-52-54(48,49)51-39-38-45(3,4)5)53-44(47)37-35-33-31-29-27-24-19-17-15-13-11-9-7-2/h9,11,13,15,17,19-21,24,27,42H,6-8,10,12,14,16,18,22-23,25-26,28-41H2,1-5H3/p+1/b11-9+,15-13+,19-17+,21-20+,27-24+. The Morgan fingerprint density at radius 3 is 1.65 bits per heavy atom. The summed E-state index contributed by atoms with van der Waals surface area (Å²) in [6.07, 6.45) is 42.7. The predicted octanol–water partition coefficient (Wildman–Crippen LogP) is 11.7. The number of unbranched alkanes of at least 4 members (excludes halogenated alkanes) is 16. The zero-order valence-corrected chi connectivity index (χ0v) is 35.8. The molecule has 0 aromatic carbocycles. The zero-order valence-electron chi connectivity index (χ0n) is 34.9. The number of hydrogen-bond acceptors (Lipinski definition) is 7. The average Bonchev–Trinajstić information content (AvgIpc) is 3.12. The normalized spacial score (nSPS) is 14.3. The van der Waals surface area contributed by atoms with Gasteiger partial charge in [0.1, 0.15) is 19.8 Å².